The van der Waals surface area contributed by atoms with Crippen LogP contribution < -0.4 is 0 Å². The largest absolute Gasteiger partial charge is 0.492 e. The molecule has 2 aromatic heterocycles. The zero-order valence-corrected chi connectivity index (χ0v) is 9.20. The Morgan fingerprint density at radius 2 is 1.88 bits per heavy atom. The summed E-state index contributed by atoms with van der Waals surface area (Å²) in [6.07, 6.45) is 1.53. The maximum Gasteiger partial charge on any atom is 0.230 e. The lowest BCUT2D eigenvalue weighted by atomic mass is 10.1. The molecule has 0 bridgehead atoms. The SMILES string of the molecule is Cc1nnc(-c2ccccc2)c2nc(O)cn12. The van der Waals surface area contributed by atoms with Gasteiger partial charge in [0.2, 0.25) is 5.88 Å². The van der Waals surface area contributed by atoms with Gasteiger partial charge < -0.3 is 5.11 Å². The molecule has 1 N–H and O–H groups in total. The van der Waals surface area contributed by atoms with E-state index in [2.05, 4.69) is 15.2 Å². The summed E-state index contributed by atoms with van der Waals surface area (Å²) in [5.74, 6) is 0.660. The van der Waals surface area contributed by atoms with Gasteiger partial charge in [-0.3, -0.25) is 4.40 Å². The summed E-state index contributed by atoms with van der Waals surface area (Å²) < 4.78 is 1.73. The summed E-state index contributed by atoms with van der Waals surface area (Å²) in [7, 11) is 0. The third-order valence-corrected chi connectivity index (χ3v) is 2.60. The molecule has 2 heterocycles. The lowest BCUT2D eigenvalue weighted by molar-refractivity contribution is 0.457. The van der Waals surface area contributed by atoms with Crippen molar-refractivity contribution in [2.45, 2.75) is 6.92 Å². The average Bonchev–Trinajstić information content (AvgIpc) is 2.73. The van der Waals surface area contributed by atoms with Crippen molar-refractivity contribution in [1.29, 1.82) is 0 Å². The number of hydrogen-bond acceptors (Lipinski definition) is 4. The average molecular weight is 226 g/mol. The first kappa shape index (κ1) is 9.77. The number of hydrogen-bond donors (Lipinski definition) is 1. The van der Waals surface area contributed by atoms with Crippen molar-refractivity contribution < 1.29 is 5.11 Å². The molecule has 0 fully saturated rings. The van der Waals surface area contributed by atoms with E-state index in [0.29, 0.717) is 17.2 Å². The van der Waals surface area contributed by atoms with Crippen LogP contribution >= 0.6 is 0 Å². The van der Waals surface area contributed by atoms with E-state index >= 15 is 0 Å². The van der Waals surface area contributed by atoms with Crippen molar-refractivity contribution in [1.82, 2.24) is 19.6 Å². The first-order chi connectivity index (χ1) is 8.25. The zero-order valence-electron chi connectivity index (χ0n) is 9.20. The molecule has 0 atom stereocenters. The molecular weight excluding hydrogens is 216 g/mol. The molecular formula is C12H10N4O. The van der Waals surface area contributed by atoms with E-state index in [4.69, 9.17) is 0 Å². The predicted octanol–water partition coefficient (Wildman–Crippen LogP) is 1.81. The van der Waals surface area contributed by atoms with Gasteiger partial charge in [0.15, 0.2) is 5.65 Å². The third-order valence-electron chi connectivity index (χ3n) is 2.60. The molecule has 5 nitrogen and oxygen atoms in total. The van der Waals surface area contributed by atoms with Gasteiger partial charge in [-0.15, -0.1) is 10.2 Å². The number of aromatic nitrogens is 4. The Labute approximate surface area is 97.4 Å². The van der Waals surface area contributed by atoms with Gasteiger partial charge >= 0.3 is 0 Å². The molecule has 17 heavy (non-hydrogen) atoms. The van der Waals surface area contributed by atoms with Gasteiger partial charge in [0, 0.05) is 5.56 Å². The smallest absolute Gasteiger partial charge is 0.230 e. The van der Waals surface area contributed by atoms with Crippen LogP contribution in [0.4, 0.5) is 0 Å². The number of fused-ring (bicyclic) bond motifs is 1. The minimum Gasteiger partial charge on any atom is -0.492 e. The van der Waals surface area contributed by atoms with E-state index in [1.807, 2.05) is 37.3 Å². The van der Waals surface area contributed by atoms with E-state index in [-0.39, 0.29) is 5.88 Å². The van der Waals surface area contributed by atoms with E-state index in [0.717, 1.165) is 5.56 Å². The fourth-order valence-corrected chi connectivity index (χ4v) is 1.78. The molecule has 0 aliphatic carbocycles. The molecule has 0 unspecified atom stereocenters. The second-order valence-electron chi connectivity index (χ2n) is 3.75. The molecule has 3 aromatic rings. The monoisotopic (exact) mass is 226 g/mol. The van der Waals surface area contributed by atoms with E-state index in [1.165, 1.54) is 6.20 Å². The second-order valence-corrected chi connectivity index (χ2v) is 3.75. The molecule has 0 aliphatic heterocycles. The molecule has 5 heteroatoms. The Balaban J connectivity index is 2.34. The lowest BCUT2D eigenvalue weighted by Crippen LogP contribution is -2.00. The molecule has 3 rings (SSSR count). The Morgan fingerprint density at radius 3 is 2.65 bits per heavy atom. The van der Waals surface area contributed by atoms with Crippen molar-refractivity contribution in [3.63, 3.8) is 0 Å². The van der Waals surface area contributed by atoms with Crippen LogP contribution in [0.5, 0.6) is 5.88 Å². The molecule has 0 saturated carbocycles. The first-order valence-corrected chi connectivity index (χ1v) is 5.22. The topological polar surface area (TPSA) is 63.3 Å². The number of nitrogens with zero attached hydrogens (tertiary/aromatic N) is 4. The normalized spacial score (nSPS) is 10.9. The van der Waals surface area contributed by atoms with Gasteiger partial charge in [0.05, 0.1) is 6.20 Å². The summed E-state index contributed by atoms with van der Waals surface area (Å²) in [6.45, 7) is 1.82. The van der Waals surface area contributed by atoms with Crippen molar-refractivity contribution in [2.24, 2.45) is 0 Å². The number of aryl methyl sites for hydroxylation is 1. The molecule has 0 saturated heterocycles. The zero-order chi connectivity index (χ0) is 11.8. The minimum absolute atomic E-state index is 0.0277. The van der Waals surface area contributed by atoms with E-state index in [1.54, 1.807) is 4.40 Å². The van der Waals surface area contributed by atoms with Crippen LogP contribution in [0, 0.1) is 6.92 Å². The Hall–Kier alpha value is -2.43. The van der Waals surface area contributed by atoms with Crippen LogP contribution in [-0.2, 0) is 0 Å². The second kappa shape index (κ2) is 3.55. The predicted molar refractivity (Wildman–Crippen MR) is 62.6 cm³/mol. The molecule has 0 spiro atoms. The maximum atomic E-state index is 9.46. The molecule has 84 valence electrons. The van der Waals surface area contributed by atoms with Gasteiger partial charge in [-0.2, -0.15) is 4.98 Å². The fraction of sp³-hybridized carbons (Fsp3) is 0.0833. The Bertz CT molecular complexity index is 676. The number of aromatic hydroxyl groups is 1. The maximum absolute atomic E-state index is 9.46. The summed E-state index contributed by atoms with van der Waals surface area (Å²) in [6, 6.07) is 9.66. The van der Waals surface area contributed by atoms with Crippen LogP contribution in [0.2, 0.25) is 0 Å². The van der Waals surface area contributed by atoms with Crippen LogP contribution in [-0.4, -0.2) is 24.7 Å². The van der Waals surface area contributed by atoms with Crippen molar-refractivity contribution in [3.8, 4) is 17.1 Å². The summed E-state index contributed by atoms with van der Waals surface area (Å²) in [4.78, 5) is 4.07. The van der Waals surface area contributed by atoms with E-state index in [9.17, 15) is 5.11 Å². The Morgan fingerprint density at radius 1 is 1.12 bits per heavy atom. The quantitative estimate of drug-likeness (QED) is 0.687. The highest BCUT2D eigenvalue weighted by atomic mass is 16.3. The van der Waals surface area contributed by atoms with Crippen LogP contribution in [0.3, 0.4) is 0 Å². The highest BCUT2D eigenvalue weighted by molar-refractivity contribution is 5.73. The molecule has 0 aliphatic rings. The number of rotatable bonds is 1. The van der Waals surface area contributed by atoms with Gasteiger partial charge in [-0.25, -0.2) is 0 Å². The highest BCUT2D eigenvalue weighted by Crippen LogP contribution is 2.23. The standard InChI is InChI=1S/C12H10N4O/c1-8-14-15-11(9-5-3-2-4-6-9)12-13-10(17)7-16(8)12/h2-7,17H,1H3. The van der Waals surface area contributed by atoms with Crippen molar-refractivity contribution >= 4 is 5.65 Å². The molecule has 1 aromatic carbocycles. The third kappa shape index (κ3) is 1.52. The van der Waals surface area contributed by atoms with Crippen LogP contribution in [0.15, 0.2) is 36.5 Å². The van der Waals surface area contributed by atoms with Crippen LogP contribution in [0.25, 0.3) is 16.9 Å². The van der Waals surface area contributed by atoms with Crippen molar-refractivity contribution in [3.05, 3.63) is 42.4 Å². The summed E-state index contributed by atoms with van der Waals surface area (Å²) in [5, 5.41) is 17.7. The van der Waals surface area contributed by atoms with Gasteiger partial charge in [0.1, 0.15) is 11.5 Å². The van der Waals surface area contributed by atoms with Gasteiger partial charge in [-0.05, 0) is 6.92 Å². The fourth-order valence-electron chi connectivity index (χ4n) is 1.78. The van der Waals surface area contributed by atoms with Gasteiger partial charge in [0.25, 0.3) is 0 Å². The molecule has 0 amide bonds. The number of benzene rings is 1. The highest BCUT2D eigenvalue weighted by Gasteiger charge is 2.11. The van der Waals surface area contributed by atoms with E-state index < -0.39 is 0 Å². The summed E-state index contributed by atoms with van der Waals surface area (Å²) >= 11 is 0. The molecule has 0 radical (unpaired) electrons. The lowest BCUT2D eigenvalue weighted by Gasteiger charge is -2.03. The minimum atomic E-state index is -0.0277. The Kier molecular flexibility index (Phi) is 2.04. The van der Waals surface area contributed by atoms with Crippen LogP contribution in [0.1, 0.15) is 5.82 Å². The number of imidazole rings is 1. The summed E-state index contributed by atoms with van der Waals surface area (Å²) in [5.41, 5.74) is 2.20. The first-order valence-electron chi connectivity index (χ1n) is 5.22. The van der Waals surface area contributed by atoms with Gasteiger partial charge in [-0.1, -0.05) is 30.3 Å². The van der Waals surface area contributed by atoms with Crippen molar-refractivity contribution in [2.75, 3.05) is 0 Å².